The Bertz CT molecular complexity index is 349. The quantitative estimate of drug-likeness (QED) is 0.710. The summed E-state index contributed by atoms with van der Waals surface area (Å²) in [6.07, 6.45) is 1.03. The Balaban J connectivity index is 2.46. The van der Waals surface area contributed by atoms with Crippen molar-refractivity contribution in [3.05, 3.63) is 23.9 Å². The largest absolute Gasteiger partial charge is 0.481 e. The van der Waals surface area contributed by atoms with Crippen LogP contribution in [-0.4, -0.2) is 37.8 Å². The predicted molar refractivity (Wildman–Crippen MR) is 62.5 cm³/mol. The van der Waals surface area contributed by atoms with Crippen molar-refractivity contribution in [2.75, 3.05) is 20.8 Å². The molecule has 1 atom stereocenters. The van der Waals surface area contributed by atoms with Crippen LogP contribution < -0.4 is 15.8 Å². The van der Waals surface area contributed by atoms with E-state index in [0.717, 1.165) is 5.56 Å². The van der Waals surface area contributed by atoms with E-state index in [4.69, 9.17) is 15.2 Å². The number of nitrogens with one attached hydrogen (secondary N) is 1. The number of nitrogens with zero attached hydrogens (tertiary/aromatic N) is 1. The molecule has 1 amide bonds. The molecule has 6 nitrogen and oxygen atoms in total. The monoisotopic (exact) mass is 239 g/mol. The van der Waals surface area contributed by atoms with Crippen molar-refractivity contribution in [1.82, 2.24) is 10.3 Å². The highest BCUT2D eigenvalue weighted by molar-refractivity contribution is 5.80. The topological polar surface area (TPSA) is 86.5 Å². The summed E-state index contributed by atoms with van der Waals surface area (Å²) in [6.45, 7) is 0.541. The Morgan fingerprint density at radius 3 is 2.76 bits per heavy atom. The minimum absolute atomic E-state index is 0.156. The summed E-state index contributed by atoms with van der Waals surface area (Å²) in [5.74, 6) is 0.308. The van der Waals surface area contributed by atoms with Crippen LogP contribution in [0.2, 0.25) is 0 Å². The summed E-state index contributed by atoms with van der Waals surface area (Å²) in [4.78, 5) is 15.6. The number of amides is 1. The molecule has 1 heterocycles. The molecule has 0 fully saturated rings. The van der Waals surface area contributed by atoms with Gasteiger partial charge in [0, 0.05) is 32.5 Å². The minimum atomic E-state index is -0.610. The van der Waals surface area contributed by atoms with Crippen molar-refractivity contribution >= 4 is 5.91 Å². The van der Waals surface area contributed by atoms with Crippen LogP contribution in [-0.2, 0) is 16.1 Å². The maximum atomic E-state index is 11.5. The smallest absolute Gasteiger partial charge is 0.250 e. The molecule has 0 saturated carbocycles. The molecule has 0 spiro atoms. The van der Waals surface area contributed by atoms with Crippen molar-refractivity contribution in [3.8, 4) is 5.88 Å². The van der Waals surface area contributed by atoms with Gasteiger partial charge in [0.05, 0.1) is 7.11 Å². The Labute approximate surface area is 100 Å². The molecule has 0 radical (unpaired) electrons. The number of methoxy groups -OCH3 is 2. The molecule has 1 aromatic rings. The maximum absolute atomic E-state index is 11.5. The van der Waals surface area contributed by atoms with Gasteiger partial charge in [0.1, 0.15) is 6.10 Å². The lowest BCUT2D eigenvalue weighted by Crippen LogP contribution is -2.40. The highest BCUT2D eigenvalue weighted by Crippen LogP contribution is 2.06. The lowest BCUT2D eigenvalue weighted by atomic mass is 10.2. The van der Waals surface area contributed by atoms with Crippen LogP contribution in [0.25, 0.3) is 0 Å². The maximum Gasteiger partial charge on any atom is 0.250 e. The fraction of sp³-hybridized carbons (Fsp3) is 0.455. The van der Waals surface area contributed by atoms with E-state index in [2.05, 4.69) is 10.3 Å². The minimum Gasteiger partial charge on any atom is -0.481 e. The highest BCUT2D eigenvalue weighted by atomic mass is 16.5. The summed E-state index contributed by atoms with van der Waals surface area (Å²) in [5.41, 5.74) is 6.26. The van der Waals surface area contributed by atoms with Crippen LogP contribution in [0.3, 0.4) is 0 Å². The number of carbonyl (C=O) groups excluding carboxylic acids is 1. The number of aromatic nitrogens is 1. The van der Waals surface area contributed by atoms with E-state index in [1.165, 1.54) is 7.11 Å². The average Bonchev–Trinajstić information content (AvgIpc) is 2.38. The van der Waals surface area contributed by atoms with Gasteiger partial charge in [-0.3, -0.25) is 4.79 Å². The molecule has 1 rings (SSSR count). The number of ether oxygens (including phenoxy) is 2. The van der Waals surface area contributed by atoms with Crippen molar-refractivity contribution in [2.24, 2.45) is 5.73 Å². The van der Waals surface area contributed by atoms with Gasteiger partial charge < -0.3 is 20.5 Å². The number of hydrogen-bond acceptors (Lipinski definition) is 5. The van der Waals surface area contributed by atoms with Crippen LogP contribution in [0, 0.1) is 0 Å². The molecule has 1 aromatic heterocycles. The number of nitrogens with two attached hydrogens (primary N) is 1. The van der Waals surface area contributed by atoms with Crippen LogP contribution in [0.15, 0.2) is 18.3 Å². The SMILES string of the molecule is COc1ccc(CNC(=O)C(CN)OC)cn1. The Hall–Kier alpha value is -1.66. The standard InChI is InChI=1S/C11H17N3O3/c1-16-9(5-12)11(15)14-7-8-3-4-10(17-2)13-6-8/h3-4,6,9H,5,7,12H2,1-2H3,(H,14,15). The third kappa shape index (κ3) is 4.01. The predicted octanol–water partition coefficient (Wildman–Crippen LogP) is -0.320. The first kappa shape index (κ1) is 13.4. The fourth-order valence-electron chi connectivity index (χ4n) is 1.25. The molecule has 0 aromatic carbocycles. The summed E-state index contributed by atoms with van der Waals surface area (Å²) in [6, 6.07) is 3.56. The number of rotatable bonds is 6. The second-order valence-corrected chi connectivity index (χ2v) is 3.39. The van der Waals surface area contributed by atoms with Gasteiger partial charge >= 0.3 is 0 Å². The van der Waals surface area contributed by atoms with Crippen molar-refractivity contribution in [2.45, 2.75) is 12.6 Å². The Morgan fingerprint density at radius 1 is 1.53 bits per heavy atom. The third-order valence-electron chi connectivity index (χ3n) is 2.26. The van der Waals surface area contributed by atoms with Gasteiger partial charge in [0.15, 0.2) is 0 Å². The molecule has 0 aliphatic heterocycles. The summed E-state index contributed by atoms with van der Waals surface area (Å²) >= 11 is 0. The van der Waals surface area contributed by atoms with Gasteiger partial charge in [0.2, 0.25) is 5.88 Å². The van der Waals surface area contributed by atoms with E-state index in [1.54, 1.807) is 19.4 Å². The molecule has 0 aliphatic carbocycles. The van der Waals surface area contributed by atoms with Gasteiger partial charge in [-0.25, -0.2) is 4.98 Å². The van der Waals surface area contributed by atoms with E-state index < -0.39 is 6.10 Å². The number of hydrogen-bond donors (Lipinski definition) is 2. The van der Waals surface area contributed by atoms with Gasteiger partial charge in [-0.15, -0.1) is 0 Å². The molecular formula is C11H17N3O3. The zero-order valence-electron chi connectivity index (χ0n) is 9.97. The van der Waals surface area contributed by atoms with Gasteiger partial charge in [-0.2, -0.15) is 0 Å². The van der Waals surface area contributed by atoms with Crippen LogP contribution >= 0.6 is 0 Å². The second kappa shape index (κ2) is 6.82. The van der Waals surface area contributed by atoms with E-state index in [0.29, 0.717) is 12.4 Å². The first-order valence-corrected chi connectivity index (χ1v) is 5.20. The van der Waals surface area contributed by atoms with Crippen molar-refractivity contribution < 1.29 is 14.3 Å². The van der Waals surface area contributed by atoms with E-state index in [-0.39, 0.29) is 12.5 Å². The molecule has 3 N–H and O–H groups in total. The van der Waals surface area contributed by atoms with Crippen LogP contribution in [0.5, 0.6) is 5.88 Å². The average molecular weight is 239 g/mol. The van der Waals surface area contributed by atoms with Crippen molar-refractivity contribution in [3.63, 3.8) is 0 Å². The molecule has 1 unspecified atom stereocenters. The normalized spacial score (nSPS) is 11.9. The number of carbonyl (C=O) groups is 1. The molecule has 0 saturated heterocycles. The lowest BCUT2D eigenvalue weighted by Gasteiger charge is -2.12. The van der Waals surface area contributed by atoms with Gasteiger partial charge in [-0.1, -0.05) is 6.07 Å². The third-order valence-corrected chi connectivity index (χ3v) is 2.26. The van der Waals surface area contributed by atoms with E-state index >= 15 is 0 Å². The fourth-order valence-corrected chi connectivity index (χ4v) is 1.25. The molecule has 0 aliphatic rings. The first-order chi connectivity index (χ1) is 8.21. The Morgan fingerprint density at radius 2 is 2.29 bits per heavy atom. The van der Waals surface area contributed by atoms with E-state index in [9.17, 15) is 4.79 Å². The van der Waals surface area contributed by atoms with Gasteiger partial charge in [-0.05, 0) is 5.56 Å². The zero-order valence-corrected chi connectivity index (χ0v) is 9.97. The summed E-state index contributed by atoms with van der Waals surface area (Å²) < 4.78 is 9.85. The molecule has 6 heteroatoms. The highest BCUT2D eigenvalue weighted by Gasteiger charge is 2.14. The lowest BCUT2D eigenvalue weighted by molar-refractivity contribution is -0.130. The zero-order chi connectivity index (χ0) is 12.7. The van der Waals surface area contributed by atoms with Crippen LogP contribution in [0.1, 0.15) is 5.56 Å². The van der Waals surface area contributed by atoms with Crippen LogP contribution in [0.4, 0.5) is 0 Å². The van der Waals surface area contributed by atoms with E-state index in [1.807, 2.05) is 6.07 Å². The van der Waals surface area contributed by atoms with Crippen molar-refractivity contribution in [1.29, 1.82) is 0 Å². The molecule has 94 valence electrons. The summed E-state index contributed by atoms with van der Waals surface area (Å²) in [5, 5.41) is 2.71. The summed E-state index contributed by atoms with van der Waals surface area (Å²) in [7, 11) is 3.00. The molecular weight excluding hydrogens is 222 g/mol. The first-order valence-electron chi connectivity index (χ1n) is 5.20. The molecule has 17 heavy (non-hydrogen) atoms. The Kier molecular flexibility index (Phi) is 5.38. The number of pyridine rings is 1. The molecule has 0 bridgehead atoms. The van der Waals surface area contributed by atoms with Gasteiger partial charge in [0.25, 0.3) is 5.91 Å². The second-order valence-electron chi connectivity index (χ2n) is 3.39.